The van der Waals surface area contributed by atoms with Crippen molar-refractivity contribution in [1.82, 2.24) is 9.80 Å². The van der Waals surface area contributed by atoms with Gasteiger partial charge in [-0.15, -0.1) is 0 Å². The molecule has 2 aliphatic heterocycles. The van der Waals surface area contributed by atoms with Crippen LogP contribution in [0.2, 0.25) is 0 Å². The first-order valence-electron chi connectivity index (χ1n) is 8.31. The van der Waals surface area contributed by atoms with Crippen LogP contribution in [0.4, 0.5) is 0 Å². The first-order chi connectivity index (χ1) is 9.22. The molecule has 2 nitrogen and oxygen atoms in total. The molecule has 110 valence electrons. The van der Waals surface area contributed by atoms with Crippen molar-refractivity contribution in [3.05, 3.63) is 0 Å². The Morgan fingerprint density at radius 3 is 2.63 bits per heavy atom. The molecule has 3 aliphatic rings. The zero-order valence-corrected chi connectivity index (χ0v) is 13.4. The third kappa shape index (κ3) is 2.98. The van der Waals surface area contributed by atoms with Gasteiger partial charge in [-0.2, -0.15) is 12.6 Å². The van der Waals surface area contributed by atoms with E-state index in [1.54, 1.807) is 0 Å². The van der Waals surface area contributed by atoms with Gasteiger partial charge in [-0.25, -0.2) is 0 Å². The minimum atomic E-state index is 0.536. The van der Waals surface area contributed by atoms with Crippen LogP contribution >= 0.6 is 12.6 Å². The van der Waals surface area contributed by atoms with E-state index in [9.17, 15) is 0 Å². The summed E-state index contributed by atoms with van der Waals surface area (Å²) in [7, 11) is 0. The molecule has 3 fully saturated rings. The Labute approximate surface area is 124 Å². The molecule has 1 aliphatic carbocycles. The number of rotatable bonds is 3. The lowest BCUT2D eigenvalue weighted by molar-refractivity contribution is -0.00283. The van der Waals surface area contributed by atoms with Crippen molar-refractivity contribution in [1.29, 1.82) is 0 Å². The first kappa shape index (κ1) is 14.2. The van der Waals surface area contributed by atoms with E-state index in [1.807, 2.05) is 0 Å². The van der Waals surface area contributed by atoms with E-state index in [4.69, 9.17) is 0 Å². The fourth-order valence-corrected chi connectivity index (χ4v) is 4.97. The molecule has 2 heterocycles. The molecule has 2 saturated heterocycles. The number of hydrogen-bond acceptors (Lipinski definition) is 3. The van der Waals surface area contributed by atoms with E-state index < -0.39 is 0 Å². The Hall–Kier alpha value is 0.270. The average molecular weight is 282 g/mol. The van der Waals surface area contributed by atoms with Crippen LogP contribution in [0.3, 0.4) is 0 Å². The molecule has 0 radical (unpaired) electrons. The van der Waals surface area contributed by atoms with Crippen LogP contribution < -0.4 is 0 Å². The summed E-state index contributed by atoms with van der Waals surface area (Å²) in [4.78, 5) is 5.56. The van der Waals surface area contributed by atoms with E-state index in [2.05, 4.69) is 29.4 Å². The highest BCUT2D eigenvalue weighted by Gasteiger charge is 2.39. The number of thiol groups is 1. The van der Waals surface area contributed by atoms with Crippen molar-refractivity contribution in [2.24, 2.45) is 5.41 Å². The predicted octanol–water partition coefficient (Wildman–Crippen LogP) is 3.04. The zero-order chi connectivity index (χ0) is 13.3. The molecule has 0 amide bonds. The fourth-order valence-electron chi connectivity index (χ4n) is 4.56. The summed E-state index contributed by atoms with van der Waals surface area (Å²) in [5.74, 6) is 1.09. The summed E-state index contributed by atoms with van der Waals surface area (Å²) >= 11 is 4.69. The lowest BCUT2D eigenvalue weighted by Gasteiger charge is -2.49. The van der Waals surface area contributed by atoms with Gasteiger partial charge in [0, 0.05) is 31.7 Å². The Morgan fingerprint density at radius 2 is 1.89 bits per heavy atom. The molecule has 1 saturated carbocycles. The molecule has 0 aromatic carbocycles. The Balaban J connectivity index is 1.63. The summed E-state index contributed by atoms with van der Waals surface area (Å²) in [6.07, 6.45) is 9.97. The number of piperidine rings is 1. The quantitative estimate of drug-likeness (QED) is 0.795. The van der Waals surface area contributed by atoms with Crippen LogP contribution in [0, 0.1) is 5.41 Å². The van der Waals surface area contributed by atoms with E-state index in [1.165, 1.54) is 71.1 Å². The minimum Gasteiger partial charge on any atom is -0.298 e. The van der Waals surface area contributed by atoms with Crippen molar-refractivity contribution in [3.63, 3.8) is 0 Å². The lowest BCUT2D eigenvalue weighted by Crippen LogP contribution is -2.60. The van der Waals surface area contributed by atoms with Gasteiger partial charge in [0.05, 0.1) is 0 Å². The molecule has 3 heteroatoms. The van der Waals surface area contributed by atoms with Gasteiger partial charge in [0.1, 0.15) is 0 Å². The third-order valence-electron chi connectivity index (χ3n) is 5.85. The van der Waals surface area contributed by atoms with Crippen molar-refractivity contribution in [2.75, 3.05) is 31.9 Å². The average Bonchev–Trinajstić information content (AvgIpc) is 2.89. The van der Waals surface area contributed by atoms with Crippen molar-refractivity contribution < 1.29 is 0 Å². The Kier molecular flexibility index (Phi) is 4.45. The largest absolute Gasteiger partial charge is 0.298 e. The van der Waals surface area contributed by atoms with Gasteiger partial charge < -0.3 is 0 Å². The van der Waals surface area contributed by atoms with Gasteiger partial charge in [-0.05, 0) is 50.3 Å². The van der Waals surface area contributed by atoms with Gasteiger partial charge >= 0.3 is 0 Å². The molecule has 0 N–H and O–H groups in total. The maximum Gasteiger partial charge on any atom is 0.0223 e. The SMILES string of the molecule is CC1CN2CCCCC2CN1CC1(CS)CCCC1. The molecular formula is C16H30N2S. The molecule has 19 heavy (non-hydrogen) atoms. The van der Waals surface area contributed by atoms with E-state index >= 15 is 0 Å². The van der Waals surface area contributed by atoms with Gasteiger partial charge in [0.25, 0.3) is 0 Å². The van der Waals surface area contributed by atoms with Crippen LogP contribution in [0.5, 0.6) is 0 Å². The third-order valence-corrected chi connectivity index (χ3v) is 6.53. The summed E-state index contributed by atoms with van der Waals surface area (Å²) < 4.78 is 0. The molecule has 0 aromatic rings. The van der Waals surface area contributed by atoms with Crippen LogP contribution in [0.15, 0.2) is 0 Å². The summed E-state index contributed by atoms with van der Waals surface area (Å²) in [6, 6.07) is 1.59. The molecule has 3 rings (SSSR count). The predicted molar refractivity (Wildman–Crippen MR) is 85.0 cm³/mol. The van der Waals surface area contributed by atoms with Gasteiger partial charge in [0.2, 0.25) is 0 Å². The topological polar surface area (TPSA) is 6.48 Å². The molecule has 0 aromatic heterocycles. The number of nitrogens with zero attached hydrogens (tertiary/aromatic N) is 2. The Morgan fingerprint density at radius 1 is 1.11 bits per heavy atom. The number of hydrogen-bond donors (Lipinski definition) is 1. The highest BCUT2D eigenvalue weighted by atomic mass is 32.1. The van der Waals surface area contributed by atoms with Crippen LogP contribution in [0.1, 0.15) is 51.9 Å². The van der Waals surface area contributed by atoms with E-state index in [0.717, 1.165) is 17.8 Å². The van der Waals surface area contributed by atoms with Crippen LogP contribution in [0.25, 0.3) is 0 Å². The van der Waals surface area contributed by atoms with E-state index in [0.29, 0.717) is 5.41 Å². The fraction of sp³-hybridized carbons (Fsp3) is 1.00. The minimum absolute atomic E-state index is 0.536. The standard InChI is InChI=1S/C16H30N2S/c1-14-10-17-9-5-2-6-15(17)11-18(14)12-16(13-19)7-3-4-8-16/h14-15,19H,2-13H2,1H3. The monoisotopic (exact) mass is 282 g/mol. The molecule has 2 unspecified atom stereocenters. The van der Waals surface area contributed by atoms with Crippen LogP contribution in [-0.2, 0) is 0 Å². The lowest BCUT2D eigenvalue weighted by atomic mass is 9.86. The summed E-state index contributed by atoms with van der Waals surface area (Å²) in [5, 5.41) is 0. The van der Waals surface area contributed by atoms with Gasteiger partial charge in [-0.1, -0.05) is 19.3 Å². The van der Waals surface area contributed by atoms with Gasteiger partial charge in [-0.3, -0.25) is 9.80 Å². The molecule has 2 atom stereocenters. The number of piperazine rings is 1. The van der Waals surface area contributed by atoms with Crippen LogP contribution in [-0.4, -0.2) is 53.8 Å². The highest BCUT2D eigenvalue weighted by molar-refractivity contribution is 7.80. The molecule has 0 spiro atoms. The zero-order valence-electron chi connectivity index (χ0n) is 12.5. The van der Waals surface area contributed by atoms with E-state index in [-0.39, 0.29) is 0 Å². The normalized spacial score (nSPS) is 36.3. The molecular weight excluding hydrogens is 252 g/mol. The summed E-state index contributed by atoms with van der Waals surface area (Å²) in [6.45, 7) is 7.71. The first-order valence-corrected chi connectivity index (χ1v) is 8.95. The second-order valence-electron chi connectivity index (χ2n) is 7.29. The second-order valence-corrected chi connectivity index (χ2v) is 7.60. The maximum absolute atomic E-state index is 4.69. The van der Waals surface area contributed by atoms with Crippen molar-refractivity contribution in [3.8, 4) is 0 Å². The number of fused-ring (bicyclic) bond motifs is 1. The second kappa shape index (κ2) is 5.95. The van der Waals surface area contributed by atoms with Gasteiger partial charge in [0.15, 0.2) is 0 Å². The van der Waals surface area contributed by atoms with Crippen molar-refractivity contribution >= 4 is 12.6 Å². The smallest absolute Gasteiger partial charge is 0.0223 e. The highest BCUT2D eigenvalue weighted by Crippen LogP contribution is 2.40. The maximum atomic E-state index is 4.69. The Bertz CT molecular complexity index is 301. The van der Waals surface area contributed by atoms with Crippen molar-refractivity contribution in [2.45, 2.75) is 64.0 Å². The molecule has 0 bridgehead atoms. The summed E-state index contributed by atoms with van der Waals surface area (Å²) in [5.41, 5.74) is 0.536.